The molecule has 6 nitrogen and oxygen atoms in total. The van der Waals surface area contributed by atoms with E-state index in [1.54, 1.807) is 13.8 Å². The standard InChI is InChI=1S/C30H60O2.2C3H6O2/c1-3-5-7-9-11-13-15-16-17-18-19-20-22-24-26-28-30(31)32-29-27-25-23-21-14-12-10-8-6-4-2;2*1-2-3(4)5/h3-29H2,1-2H3;2*2H2,1H3,(H,4,5). The Kier molecular flexibility index (Phi) is 44.4. The lowest BCUT2D eigenvalue weighted by molar-refractivity contribution is -0.144. The maximum atomic E-state index is 11.8. The maximum absolute atomic E-state index is 11.8. The van der Waals surface area contributed by atoms with Gasteiger partial charge in [-0.3, -0.25) is 14.4 Å². The summed E-state index contributed by atoms with van der Waals surface area (Å²) >= 11 is 0. The van der Waals surface area contributed by atoms with E-state index in [9.17, 15) is 14.4 Å². The summed E-state index contributed by atoms with van der Waals surface area (Å²) in [6.45, 7) is 8.39. The summed E-state index contributed by atoms with van der Waals surface area (Å²) in [4.78, 5) is 30.6. The van der Waals surface area contributed by atoms with Crippen molar-refractivity contribution in [2.24, 2.45) is 0 Å². The molecule has 0 spiro atoms. The molecular weight excluding hydrogens is 528 g/mol. The molecule has 0 unspecified atom stereocenters. The molecular formula is C36H72O6. The third kappa shape index (κ3) is 51.2. The van der Waals surface area contributed by atoms with E-state index in [2.05, 4.69) is 13.8 Å². The quantitative estimate of drug-likeness (QED) is 0.0654. The van der Waals surface area contributed by atoms with Crippen molar-refractivity contribution in [3.8, 4) is 0 Å². The zero-order valence-electron chi connectivity index (χ0n) is 28.5. The summed E-state index contributed by atoms with van der Waals surface area (Å²) in [5.41, 5.74) is 0. The van der Waals surface area contributed by atoms with Crippen LogP contribution in [0, 0.1) is 0 Å². The maximum Gasteiger partial charge on any atom is 0.305 e. The Labute approximate surface area is 261 Å². The van der Waals surface area contributed by atoms with Crippen molar-refractivity contribution in [1.82, 2.24) is 0 Å². The van der Waals surface area contributed by atoms with Gasteiger partial charge in [0.25, 0.3) is 0 Å². The number of esters is 1. The molecule has 0 heterocycles. The minimum atomic E-state index is -0.745. The predicted octanol–water partition coefficient (Wildman–Crippen LogP) is 11.7. The fourth-order valence-corrected chi connectivity index (χ4v) is 4.49. The van der Waals surface area contributed by atoms with E-state index in [0.29, 0.717) is 13.0 Å². The molecule has 0 saturated carbocycles. The van der Waals surface area contributed by atoms with E-state index in [0.717, 1.165) is 12.8 Å². The van der Waals surface area contributed by atoms with Crippen molar-refractivity contribution < 1.29 is 29.3 Å². The number of hydrogen-bond donors (Lipinski definition) is 2. The van der Waals surface area contributed by atoms with Crippen LogP contribution >= 0.6 is 0 Å². The Morgan fingerprint density at radius 3 is 0.905 bits per heavy atom. The molecule has 252 valence electrons. The van der Waals surface area contributed by atoms with Crippen molar-refractivity contribution in [2.75, 3.05) is 6.61 Å². The SMILES string of the molecule is CCC(=O)O.CCC(=O)O.CCCCCCCCCCCCCCCCCC(=O)OCCCCCCCCCCCC. The number of aliphatic carboxylic acids is 2. The van der Waals surface area contributed by atoms with Crippen LogP contribution in [0.25, 0.3) is 0 Å². The molecule has 42 heavy (non-hydrogen) atoms. The first kappa shape index (κ1) is 44.8. The number of ether oxygens (including phenoxy) is 1. The van der Waals surface area contributed by atoms with Crippen LogP contribution in [0.15, 0.2) is 0 Å². The topological polar surface area (TPSA) is 101 Å². The molecule has 0 fully saturated rings. The fraction of sp³-hybridized carbons (Fsp3) is 0.917. The number of hydrogen-bond acceptors (Lipinski definition) is 4. The number of rotatable bonds is 29. The second-order valence-corrected chi connectivity index (χ2v) is 11.6. The summed E-state index contributed by atoms with van der Waals surface area (Å²) in [6.07, 6.45) is 34.7. The molecule has 0 aromatic heterocycles. The lowest BCUT2D eigenvalue weighted by Crippen LogP contribution is -2.05. The zero-order chi connectivity index (χ0) is 31.9. The fourth-order valence-electron chi connectivity index (χ4n) is 4.49. The molecule has 0 atom stereocenters. The van der Waals surface area contributed by atoms with Crippen molar-refractivity contribution >= 4 is 17.9 Å². The second-order valence-electron chi connectivity index (χ2n) is 11.6. The van der Waals surface area contributed by atoms with Gasteiger partial charge < -0.3 is 14.9 Å². The summed E-state index contributed by atoms with van der Waals surface area (Å²) < 4.78 is 5.39. The highest BCUT2D eigenvalue weighted by atomic mass is 16.5. The van der Waals surface area contributed by atoms with Crippen LogP contribution in [0.3, 0.4) is 0 Å². The van der Waals surface area contributed by atoms with Crippen molar-refractivity contribution in [2.45, 2.75) is 207 Å². The lowest BCUT2D eigenvalue weighted by atomic mass is 10.0. The molecule has 0 aromatic rings. The van der Waals surface area contributed by atoms with Gasteiger partial charge in [-0.15, -0.1) is 0 Å². The smallest absolute Gasteiger partial charge is 0.305 e. The molecule has 0 rings (SSSR count). The number of carbonyl (C=O) groups is 3. The first-order chi connectivity index (χ1) is 20.3. The molecule has 0 radical (unpaired) electrons. The highest BCUT2D eigenvalue weighted by molar-refractivity contribution is 5.69. The number of unbranched alkanes of at least 4 members (excludes halogenated alkanes) is 23. The Bertz CT molecular complexity index is 535. The molecule has 2 N–H and O–H groups in total. The van der Waals surface area contributed by atoms with Crippen LogP contribution in [-0.4, -0.2) is 34.7 Å². The van der Waals surface area contributed by atoms with Gasteiger partial charge in [-0.2, -0.15) is 0 Å². The molecule has 0 aromatic carbocycles. The zero-order valence-corrected chi connectivity index (χ0v) is 28.5. The molecule has 0 saturated heterocycles. The molecule has 0 aliphatic rings. The minimum absolute atomic E-state index is 0.0237. The molecule has 6 heteroatoms. The molecule has 0 aliphatic heterocycles. The van der Waals surface area contributed by atoms with Crippen LogP contribution in [0.2, 0.25) is 0 Å². The average Bonchev–Trinajstić information content (AvgIpc) is 2.98. The third-order valence-electron chi connectivity index (χ3n) is 7.35. The van der Waals surface area contributed by atoms with Crippen LogP contribution < -0.4 is 0 Å². The molecule has 0 bridgehead atoms. The van der Waals surface area contributed by atoms with E-state index >= 15 is 0 Å². The van der Waals surface area contributed by atoms with Gasteiger partial charge in [0.15, 0.2) is 0 Å². The van der Waals surface area contributed by atoms with Gasteiger partial charge in [0.2, 0.25) is 0 Å². The summed E-state index contributed by atoms with van der Waals surface area (Å²) in [5.74, 6) is -1.47. The van der Waals surface area contributed by atoms with Crippen molar-refractivity contribution in [3.63, 3.8) is 0 Å². The normalized spacial score (nSPS) is 10.3. The van der Waals surface area contributed by atoms with Crippen LogP contribution in [0.5, 0.6) is 0 Å². The largest absolute Gasteiger partial charge is 0.481 e. The van der Waals surface area contributed by atoms with Gasteiger partial charge in [0, 0.05) is 19.3 Å². The lowest BCUT2D eigenvalue weighted by Gasteiger charge is -2.06. The minimum Gasteiger partial charge on any atom is -0.481 e. The Hall–Kier alpha value is -1.59. The summed E-state index contributed by atoms with van der Waals surface area (Å²) in [5, 5.41) is 15.4. The number of carbonyl (C=O) groups excluding carboxylic acids is 1. The van der Waals surface area contributed by atoms with E-state index in [1.807, 2.05) is 0 Å². The van der Waals surface area contributed by atoms with Gasteiger partial charge >= 0.3 is 17.9 Å². The summed E-state index contributed by atoms with van der Waals surface area (Å²) in [6, 6.07) is 0. The average molecular weight is 601 g/mol. The highest BCUT2D eigenvalue weighted by Gasteiger charge is 2.02. The monoisotopic (exact) mass is 601 g/mol. The molecule has 0 aliphatic carbocycles. The van der Waals surface area contributed by atoms with Crippen molar-refractivity contribution in [1.29, 1.82) is 0 Å². The predicted molar refractivity (Wildman–Crippen MR) is 178 cm³/mol. The van der Waals surface area contributed by atoms with E-state index in [1.165, 1.54) is 148 Å². The van der Waals surface area contributed by atoms with Gasteiger partial charge in [-0.25, -0.2) is 0 Å². The second kappa shape index (κ2) is 41.5. The Morgan fingerprint density at radius 1 is 0.405 bits per heavy atom. The van der Waals surface area contributed by atoms with Gasteiger partial charge in [0.05, 0.1) is 6.61 Å². The van der Waals surface area contributed by atoms with Gasteiger partial charge in [0.1, 0.15) is 0 Å². The Morgan fingerprint density at radius 2 is 0.643 bits per heavy atom. The van der Waals surface area contributed by atoms with E-state index in [4.69, 9.17) is 14.9 Å². The highest BCUT2D eigenvalue weighted by Crippen LogP contribution is 2.14. The van der Waals surface area contributed by atoms with Crippen molar-refractivity contribution in [3.05, 3.63) is 0 Å². The van der Waals surface area contributed by atoms with Crippen LogP contribution in [-0.2, 0) is 19.1 Å². The van der Waals surface area contributed by atoms with E-state index in [-0.39, 0.29) is 18.8 Å². The van der Waals surface area contributed by atoms with Crippen LogP contribution in [0.1, 0.15) is 207 Å². The number of carboxylic acid groups (broad SMARTS) is 2. The van der Waals surface area contributed by atoms with Gasteiger partial charge in [-0.1, -0.05) is 175 Å². The van der Waals surface area contributed by atoms with Gasteiger partial charge in [-0.05, 0) is 12.8 Å². The Balaban J connectivity index is -0.00000129. The first-order valence-electron chi connectivity index (χ1n) is 17.9. The number of carboxylic acids is 2. The third-order valence-corrected chi connectivity index (χ3v) is 7.35. The first-order valence-corrected chi connectivity index (χ1v) is 17.9. The van der Waals surface area contributed by atoms with E-state index < -0.39 is 11.9 Å². The molecule has 0 amide bonds. The summed E-state index contributed by atoms with van der Waals surface area (Å²) in [7, 11) is 0. The van der Waals surface area contributed by atoms with Crippen LogP contribution in [0.4, 0.5) is 0 Å².